The van der Waals surface area contributed by atoms with E-state index in [2.05, 4.69) is 15.3 Å². The highest BCUT2D eigenvalue weighted by atomic mass is 19.1. The molecule has 5 rings (SSSR count). The number of rotatable bonds is 5. The molecule has 5 aromatic rings. The minimum absolute atomic E-state index is 0.266. The highest BCUT2D eigenvalue weighted by Crippen LogP contribution is 2.30. The fourth-order valence-corrected chi connectivity index (χ4v) is 3.27. The van der Waals surface area contributed by atoms with Crippen molar-refractivity contribution in [3.63, 3.8) is 0 Å². The number of hydrogen-bond acceptors (Lipinski definition) is 5. The quantitative estimate of drug-likeness (QED) is 0.384. The number of aryl methyl sites for hydroxylation is 1. The molecule has 0 unspecified atom stereocenters. The molecule has 0 saturated carbocycles. The molecule has 0 aliphatic heterocycles. The van der Waals surface area contributed by atoms with Crippen molar-refractivity contribution >= 4 is 17.0 Å². The van der Waals surface area contributed by atoms with E-state index >= 15 is 0 Å². The zero-order valence-electron chi connectivity index (χ0n) is 16.8. The van der Waals surface area contributed by atoms with Crippen LogP contribution in [0.4, 0.5) is 10.2 Å². The Morgan fingerprint density at radius 1 is 0.806 bits per heavy atom. The molecule has 6 heteroatoms. The fourth-order valence-electron chi connectivity index (χ4n) is 3.27. The highest BCUT2D eigenvalue weighted by Gasteiger charge is 2.17. The molecule has 0 radical (unpaired) electrons. The van der Waals surface area contributed by atoms with Gasteiger partial charge in [-0.05, 0) is 36.8 Å². The largest absolute Gasteiger partial charge is 0.430 e. The third-order valence-corrected chi connectivity index (χ3v) is 4.96. The predicted molar refractivity (Wildman–Crippen MR) is 119 cm³/mol. The van der Waals surface area contributed by atoms with E-state index in [0.29, 0.717) is 35.3 Å². The summed E-state index contributed by atoms with van der Waals surface area (Å²) in [5, 5.41) is 3.30. The molecule has 152 valence electrons. The predicted octanol–water partition coefficient (Wildman–Crippen LogP) is 6.01. The molecule has 31 heavy (non-hydrogen) atoms. The maximum absolute atomic E-state index is 13.2. The first-order valence-corrected chi connectivity index (χ1v) is 9.95. The average Bonchev–Trinajstić information content (AvgIpc) is 3.24. The molecule has 5 nitrogen and oxygen atoms in total. The maximum Gasteiger partial charge on any atom is 0.229 e. The summed E-state index contributed by atoms with van der Waals surface area (Å²) in [6, 6.07) is 24.0. The van der Waals surface area contributed by atoms with Crippen LogP contribution in [0.25, 0.3) is 34.1 Å². The summed E-state index contributed by atoms with van der Waals surface area (Å²) in [6.07, 6.45) is 0. The van der Waals surface area contributed by atoms with Crippen LogP contribution in [0.3, 0.4) is 0 Å². The van der Waals surface area contributed by atoms with E-state index in [1.807, 2.05) is 61.5 Å². The van der Waals surface area contributed by atoms with E-state index in [1.54, 1.807) is 12.1 Å². The van der Waals surface area contributed by atoms with Gasteiger partial charge in [-0.1, -0.05) is 60.2 Å². The number of benzene rings is 3. The van der Waals surface area contributed by atoms with Gasteiger partial charge < -0.3 is 9.73 Å². The minimum atomic E-state index is -0.266. The monoisotopic (exact) mass is 410 g/mol. The molecule has 1 N–H and O–H groups in total. The van der Waals surface area contributed by atoms with E-state index in [4.69, 9.17) is 9.40 Å². The van der Waals surface area contributed by atoms with Crippen LogP contribution in [0.1, 0.15) is 11.1 Å². The zero-order chi connectivity index (χ0) is 21.2. The van der Waals surface area contributed by atoms with Crippen molar-refractivity contribution in [1.82, 2.24) is 15.0 Å². The normalized spacial score (nSPS) is 11.0. The van der Waals surface area contributed by atoms with Gasteiger partial charge in [-0.3, -0.25) is 0 Å². The van der Waals surface area contributed by atoms with Crippen molar-refractivity contribution in [2.75, 3.05) is 5.32 Å². The Balaban J connectivity index is 1.58. The van der Waals surface area contributed by atoms with Gasteiger partial charge in [-0.15, -0.1) is 0 Å². The van der Waals surface area contributed by atoms with Gasteiger partial charge in [0.1, 0.15) is 5.82 Å². The molecule has 0 aliphatic carbocycles. The van der Waals surface area contributed by atoms with E-state index in [-0.39, 0.29) is 5.82 Å². The molecule has 0 amide bonds. The standard InChI is InChI=1S/C25H19FN4O/c1-16-7-11-19(12-8-16)25-30-24-21(31-25)23(27-15-17-9-13-20(26)14-10-17)28-22(29-24)18-5-3-2-4-6-18/h2-14H,15H2,1H3,(H,27,28,29). The number of anilines is 1. The van der Waals surface area contributed by atoms with Crippen molar-refractivity contribution < 1.29 is 8.81 Å². The van der Waals surface area contributed by atoms with E-state index in [1.165, 1.54) is 12.1 Å². The Hall–Kier alpha value is -4.06. The van der Waals surface area contributed by atoms with E-state index < -0.39 is 0 Å². The first kappa shape index (κ1) is 18.9. The lowest BCUT2D eigenvalue weighted by molar-refractivity contribution is 0.618. The molecule has 0 bridgehead atoms. The Morgan fingerprint density at radius 3 is 2.29 bits per heavy atom. The Morgan fingerprint density at radius 2 is 1.55 bits per heavy atom. The number of hydrogen-bond donors (Lipinski definition) is 1. The lowest BCUT2D eigenvalue weighted by Crippen LogP contribution is -2.04. The van der Waals surface area contributed by atoms with Gasteiger partial charge in [0.2, 0.25) is 17.1 Å². The summed E-state index contributed by atoms with van der Waals surface area (Å²) in [5.74, 6) is 1.31. The van der Waals surface area contributed by atoms with Gasteiger partial charge in [-0.2, -0.15) is 4.98 Å². The van der Waals surface area contributed by atoms with Crippen LogP contribution in [0.15, 0.2) is 83.3 Å². The third-order valence-electron chi connectivity index (χ3n) is 4.96. The summed E-state index contributed by atoms with van der Waals surface area (Å²) < 4.78 is 19.3. The molecular formula is C25H19FN4O. The summed E-state index contributed by atoms with van der Waals surface area (Å²) in [5.41, 5.74) is 4.80. The van der Waals surface area contributed by atoms with E-state index in [9.17, 15) is 4.39 Å². The number of aromatic nitrogens is 3. The first-order valence-electron chi connectivity index (χ1n) is 9.95. The van der Waals surface area contributed by atoms with Crippen LogP contribution in [0, 0.1) is 12.7 Å². The second kappa shape index (κ2) is 7.99. The van der Waals surface area contributed by atoms with Crippen molar-refractivity contribution in [2.45, 2.75) is 13.5 Å². The summed E-state index contributed by atoms with van der Waals surface area (Å²) in [7, 11) is 0. The summed E-state index contributed by atoms with van der Waals surface area (Å²) in [4.78, 5) is 13.9. The molecule has 0 atom stereocenters. The molecule has 3 aromatic carbocycles. The SMILES string of the molecule is Cc1ccc(-c2nc3nc(-c4ccccc4)nc(NCc4ccc(F)cc4)c3o2)cc1. The van der Waals surface area contributed by atoms with Gasteiger partial charge in [0, 0.05) is 17.7 Å². The fraction of sp³-hybridized carbons (Fsp3) is 0.0800. The molecular weight excluding hydrogens is 391 g/mol. The molecule has 0 fully saturated rings. The topological polar surface area (TPSA) is 63.8 Å². The Bertz CT molecular complexity index is 1330. The van der Waals surface area contributed by atoms with Gasteiger partial charge in [-0.25, -0.2) is 14.4 Å². The van der Waals surface area contributed by atoms with Gasteiger partial charge >= 0.3 is 0 Å². The van der Waals surface area contributed by atoms with Crippen LogP contribution < -0.4 is 5.32 Å². The van der Waals surface area contributed by atoms with Gasteiger partial charge in [0.15, 0.2) is 11.6 Å². The Labute approximate surface area is 178 Å². The maximum atomic E-state index is 13.2. The van der Waals surface area contributed by atoms with Crippen LogP contribution in [-0.2, 0) is 6.54 Å². The number of nitrogens with one attached hydrogen (secondary N) is 1. The smallest absolute Gasteiger partial charge is 0.229 e. The number of oxazole rings is 1. The molecule has 2 heterocycles. The Kier molecular flexibility index (Phi) is 4.88. The van der Waals surface area contributed by atoms with Crippen LogP contribution in [-0.4, -0.2) is 15.0 Å². The van der Waals surface area contributed by atoms with Crippen molar-refractivity contribution in [3.8, 4) is 22.8 Å². The molecule has 2 aromatic heterocycles. The lowest BCUT2D eigenvalue weighted by atomic mass is 10.1. The van der Waals surface area contributed by atoms with Crippen molar-refractivity contribution in [1.29, 1.82) is 0 Å². The van der Waals surface area contributed by atoms with Crippen LogP contribution >= 0.6 is 0 Å². The first-order chi connectivity index (χ1) is 15.2. The molecule has 0 aliphatic rings. The summed E-state index contributed by atoms with van der Waals surface area (Å²) >= 11 is 0. The summed E-state index contributed by atoms with van der Waals surface area (Å²) in [6.45, 7) is 2.49. The van der Waals surface area contributed by atoms with Crippen LogP contribution in [0.5, 0.6) is 0 Å². The third kappa shape index (κ3) is 4.00. The van der Waals surface area contributed by atoms with Gasteiger partial charge in [0.05, 0.1) is 0 Å². The minimum Gasteiger partial charge on any atom is -0.430 e. The zero-order valence-corrected chi connectivity index (χ0v) is 16.8. The van der Waals surface area contributed by atoms with Crippen molar-refractivity contribution in [3.05, 3.63) is 95.8 Å². The second-order valence-electron chi connectivity index (χ2n) is 7.28. The highest BCUT2D eigenvalue weighted by molar-refractivity contribution is 5.84. The number of fused-ring (bicyclic) bond motifs is 1. The average molecular weight is 410 g/mol. The van der Waals surface area contributed by atoms with Gasteiger partial charge in [0.25, 0.3) is 0 Å². The second-order valence-corrected chi connectivity index (χ2v) is 7.28. The molecule has 0 saturated heterocycles. The number of nitrogens with zero attached hydrogens (tertiary/aromatic N) is 3. The lowest BCUT2D eigenvalue weighted by Gasteiger charge is -2.08. The van der Waals surface area contributed by atoms with Crippen molar-refractivity contribution in [2.24, 2.45) is 0 Å². The molecule has 0 spiro atoms. The number of halogens is 1. The van der Waals surface area contributed by atoms with E-state index in [0.717, 1.165) is 22.3 Å². The van der Waals surface area contributed by atoms with Crippen LogP contribution in [0.2, 0.25) is 0 Å².